The van der Waals surface area contributed by atoms with Crippen LogP contribution >= 0.6 is 0 Å². The first-order valence-corrected chi connectivity index (χ1v) is 8.13. The molecule has 1 unspecified atom stereocenters. The third-order valence-electron chi connectivity index (χ3n) is 3.12. The third kappa shape index (κ3) is 3.93. The Bertz CT molecular complexity index is 629. The summed E-state index contributed by atoms with van der Waals surface area (Å²) in [5.41, 5.74) is 0.609. The summed E-state index contributed by atoms with van der Waals surface area (Å²) in [6.45, 7) is 2.67. The van der Waals surface area contributed by atoms with Crippen LogP contribution in [0, 0.1) is 0 Å². The molecule has 0 aliphatic carbocycles. The molecule has 0 bridgehead atoms. The van der Waals surface area contributed by atoms with Crippen molar-refractivity contribution in [2.45, 2.75) is 24.3 Å². The number of carbonyl (C=O) groups excluding carboxylic acids is 1. The van der Waals surface area contributed by atoms with Gasteiger partial charge in [0.2, 0.25) is 15.9 Å². The van der Waals surface area contributed by atoms with Crippen LogP contribution in [0.1, 0.15) is 24.9 Å². The molecule has 1 aliphatic rings. The summed E-state index contributed by atoms with van der Waals surface area (Å²) in [7, 11) is -3.80. The summed E-state index contributed by atoms with van der Waals surface area (Å²) in [6, 6.07) is 4.06. The van der Waals surface area contributed by atoms with E-state index in [-0.39, 0.29) is 23.5 Å². The first-order chi connectivity index (χ1) is 9.91. The van der Waals surface area contributed by atoms with E-state index in [0.29, 0.717) is 30.9 Å². The molecule has 0 aromatic heterocycles. The van der Waals surface area contributed by atoms with Crippen LogP contribution in [-0.4, -0.2) is 34.1 Å². The minimum Gasteiger partial charge on any atom is -0.493 e. The molecule has 0 saturated heterocycles. The number of carbonyl (C=O) groups is 1. The van der Waals surface area contributed by atoms with Gasteiger partial charge in [0.25, 0.3) is 0 Å². The van der Waals surface area contributed by atoms with Crippen molar-refractivity contribution in [3.8, 4) is 5.75 Å². The van der Waals surface area contributed by atoms with Crippen molar-refractivity contribution in [1.29, 1.82) is 0 Å². The van der Waals surface area contributed by atoms with Crippen LogP contribution < -0.4 is 15.2 Å². The van der Waals surface area contributed by atoms with Gasteiger partial charge in [0.05, 0.1) is 17.5 Å². The Morgan fingerprint density at radius 3 is 2.95 bits per heavy atom. The van der Waals surface area contributed by atoms with Gasteiger partial charge in [0.15, 0.2) is 0 Å². The standard InChI is InChI=1S/C13H18N2O5S/c1-2-19-8-13(16)15-11-5-6-20-12-4-3-9(7-10(11)12)21(14,17)18/h3-4,7,11H,2,5-6,8H2,1H3,(H,15,16)(H2,14,17,18). The van der Waals surface area contributed by atoms with E-state index >= 15 is 0 Å². The van der Waals surface area contributed by atoms with E-state index in [4.69, 9.17) is 14.6 Å². The van der Waals surface area contributed by atoms with Crippen LogP contribution in [0.2, 0.25) is 0 Å². The SMILES string of the molecule is CCOCC(=O)NC1CCOc2ccc(S(N)(=O)=O)cc21. The highest BCUT2D eigenvalue weighted by Crippen LogP contribution is 2.33. The van der Waals surface area contributed by atoms with E-state index in [2.05, 4.69) is 5.32 Å². The number of hydrogen-bond acceptors (Lipinski definition) is 5. The lowest BCUT2D eigenvalue weighted by Crippen LogP contribution is -2.34. The molecule has 3 N–H and O–H groups in total. The van der Waals surface area contributed by atoms with Crippen molar-refractivity contribution < 1.29 is 22.7 Å². The normalized spacial score (nSPS) is 17.7. The van der Waals surface area contributed by atoms with Gasteiger partial charge in [-0.2, -0.15) is 0 Å². The Morgan fingerprint density at radius 1 is 1.52 bits per heavy atom. The Hall–Kier alpha value is -1.64. The maximum Gasteiger partial charge on any atom is 0.246 e. The highest BCUT2D eigenvalue weighted by Gasteiger charge is 2.25. The number of amides is 1. The topological polar surface area (TPSA) is 108 Å². The molecule has 1 amide bonds. The molecule has 1 aromatic carbocycles. The molecule has 1 heterocycles. The Kier molecular flexibility index (Phi) is 4.81. The summed E-state index contributed by atoms with van der Waals surface area (Å²) < 4.78 is 33.3. The van der Waals surface area contributed by atoms with Gasteiger partial charge in [0.1, 0.15) is 12.4 Å². The predicted octanol–water partition coefficient (Wildman–Crippen LogP) is 0.310. The maximum atomic E-state index is 11.7. The van der Waals surface area contributed by atoms with Crippen LogP contribution in [0.5, 0.6) is 5.75 Å². The zero-order valence-corrected chi connectivity index (χ0v) is 12.5. The molecular weight excluding hydrogens is 296 g/mol. The van der Waals surface area contributed by atoms with Crippen LogP contribution in [0.4, 0.5) is 0 Å². The molecule has 0 saturated carbocycles. The molecule has 0 radical (unpaired) electrons. The van der Waals surface area contributed by atoms with E-state index in [9.17, 15) is 13.2 Å². The highest BCUT2D eigenvalue weighted by atomic mass is 32.2. The monoisotopic (exact) mass is 314 g/mol. The second kappa shape index (κ2) is 6.42. The second-order valence-corrected chi connectivity index (χ2v) is 6.20. The lowest BCUT2D eigenvalue weighted by molar-refractivity contribution is -0.126. The minimum absolute atomic E-state index is 0.00388. The molecule has 0 spiro atoms. The van der Waals surface area contributed by atoms with Gasteiger partial charge in [-0.1, -0.05) is 0 Å². The van der Waals surface area contributed by atoms with Gasteiger partial charge in [-0.3, -0.25) is 4.79 Å². The van der Waals surface area contributed by atoms with Gasteiger partial charge in [0, 0.05) is 18.6 Å². The van der Waals surface area contributed by atoms with E-state index in [1.165, 1.54) is 12.1 Å². The number of benzene rings is 1. The molecule has 1 atom stereocenters. The average Bonchev–Trinajstić information content (AvgIpc) is 2.44. The number of ether oxygens (including phenoxy) is 2. The van der Waals surface area contributed by atoms with E-state index in [1.807, 2.05) is 0 Å². The summed E-state index contributed by atoms with van der Waals surface area (Å²) in [4.78, 5) is 11.7. The number of rotatable bonds is 5. The van der Waals surface area contributed by atoms with E-state index in [0.717, 1.165) is 0 Å². The second-order valence-electron chi connectivity index (χ2n) is 4.64. The quantitative estimate of drug-likeness (QED) is 0.813. The van der Waals surface area contributed by atoms with Crippen molar-refractivity contribution in [1.82, 2.24) is 5.32 Å². The van der Waals surface area contributed by atoms with E-state index in [1.54, 1.807) is 13.0 Å². The Balaban J connectivity index is 2.23. The molecular formula is C13H18N2O5S. The fourth-order valence-electron chi connectivity index (χ4n) is 2.13. The molecule has 1 aromatic rings. The van der Waals surface area contributed by atoms with Gasteiger partial charge < -0.3 is 14.8 Å². The van der Waals surface area contributed by atoms with Crippen LogP contribution in [-0.2, 0) is 19.6 Å². The summed E-state index contributed by atoms with van der Waals surface area (Å²) in [5, 5.41) is 7.94. The molecule has 1 aliphatic heterocycles. The molecule has 21 heavy (non-hydrogen) atoms. The Labute approximate surface area is 123 Å². The zero-order valence-electron chi connectivity index (χ0n) is 11.7. The minimum atomic E-state index is -3.80. The largest absolute Gasteiger partial charge is 0.493 e. The van der Waals surface area contributed by atoms with Crippen molar-refractivity contribution in [2.24, 2.45) is 5.14 Å². The number of fused-ring (bicyclic) bond motifs is 1. The van der Waals surface area contributed by atoms with Crippen LogP contribution in [0.25, 0.3) is 0 Å². The fourth-order valence-corrected chi connectivity index (χ4v) is 2.68. The summed E-state index contributed by atoms with van der Waals surface area (Å²) in [5.74, 6) is 0.297. The number of nitrogens with one attached hydrogen (secondary N) is 1. The number of hydrogen-bond donors (Lipinski definition) is 2. The van der Waals surface area contributed by atoms with Gasteiger partial charge in [-0.05, 0) is 25.1 Å². The van der Waals surface area contributed by atoms with Crippen molar-refractivity contribution in [2.75, 3.05) is 19.8 Å². The Morgan fingerprint density at radius 2 is 2.29 bits per heavy atom. The van der Waals surface area contributed by atoms with Crippen LogP contribution in [0.15, 0.2) is 23.1 Å². The fraction of sp³-hybridized carbons (Fsp3) is 0.462. The average molecular weight is 314 g/mol. The zero-order chi connectivity index (χ0) is 15.5. The number of primary sulfonamides is 1. The molecule has 0 fully saturated rings. The van der Waals surface area contributed by atoms with Crippen molar-refractivity contribution >= 4 is 15.9 Å². The van der Waals surface area contributed by atoms with Crippen molar-refractivity contribution in [3.63, 3.8) is 0 Å². The van der Waals surface area contributed by atoms with Crippen molar-refractivity contribution in [3.05, 3.63) is 23.8 Å². The van der Waals surface area contributed by atoms with Gasteiger partial charge in [-0.15, -0.1) is 0 Å². The van der Waals surface area contributed by atoms with Gasteiger partial charge >= 0.3 is 0 Å². The summed E-state index contributed by atoms with van der Waals surface area (Å²) in [6.07, 6.45) is 0.555. The first kappa shape index (κ1) is 15.7. The molecule has 7 nitrogen and oxygen atoms in total. The maximum absolute atomic E-state index is 11.7. The number of nitrogens with two attached hydrogens (primary N) is 1. The first-order valence-electron chi connectivity index (χ1n) is 6.58. The number of sulfonamides is 1. The summed E-state index contributed by atoms with van der Waals surface area (Å²) >= 11 is 0. The predicted molar refractivity (Wildman–Crippen MR) is 75.3 cm³/mol. The van der Waals surface area contributed by atoms with Crippen LogP contribution in [0.3, 0.4) is 0 Å². The lowest BCUT2D eigenvalue weighted by Gasteiger charge is -2.27. The smallest absolute Gasteiger partial charge is 0.246 e. The highest BCUT2D eigenvalue weighted by molar-refractivity contribution is 7.89. The molecule has 2 rings (SSSR count). The van der Waals surface area contributed by atoms with E-state index < -0.39 is 10.0 Å². The molecule has 8 heteroatoms. The third-order valence-corrected chi connectivity index (χ3v) is 4.03. The lowest BCUT2D eigenvalue weighted by atomic mass is 10.0. The van der Waals surface area contributed by atoms with Gasteiger partial charge in [-0.25, -0.2) is 13.6 Å². The molecule has 116 valence electrons.